The van der Waals surface area contributed by atoms with Gasteiger partial charge in [0.25, 0.3) is 0 Å². The Morgan fingerprint density at radius 1 is 1.12 bits per heavy atom. The number of thioether (sulfide) groups is 1. The summed E-state index contributed by atoms with van der Waals surface area (Å²) >= 11 is 2.78. The molecule has 0 saturated carbocycles. The fourth-order valence-electron chi connectivity index (χ4n) is 2.14. The third-order valence-electron chi connectivity index (χ3n) is 3.44. The van der Waals surface area contributed by atoms with Gasteiger partial charge < -0.3 is 15.4 Å². The molecule has 0 aliphatic rings. The normalized spacial score (nSPS) is 11.6. The number of methoxy groups -OCH3 is 1. The molecule has 3 rings (SSSR count). The molecule has 26 heavy (non-hydrogen) atoms. The number of rotatable bonds is 7. The maximum atomic E-state index is 12.4. The maximum absolute atomic E-state index is 12.4. The summed E-state index contributed by atoms with van der Waals surface area (Å²) < 4.78 is 5.98. The summed E-state index contributed by atoms with van der Waals surface area (Å²) in [4.78, 5) is 12.4. The van der Waals surface area contributed by atoms with Crippen LogP contribution in [0.1, 0.15) is 6.92 Å². The molecule has 0 radical (unpaired) electrons. The van der Waals surface area contributed by atoms with Crippen molar-refractivity contribution in [2.45, 2.75) is 16.5 Å². The van der Waals surface area contributed by atoms with Gasteiger partial charge in [0.15, 0.2) is 4.34 Å². The summed E-state index contributed by atoms with van der Waals surface area (Å²) in [6.45, 7) is 1.83. The Labute approximate surface area is 160 Å². The van der Waals surface area contributed by atoms with E-state index in [0.717, 1.165) is 10.0 Å². The van der Waals surface area contributed by atoms with Gasteiger partial charge in [-0.25, -0.2) is 0 Å². The summed E-state index contributed by atoms with van der Waals surface area (Å²) in [6.07, 6.45) is 0. The van der Waals surface area contributed by atoms with Crippen LogP contribution in [0.4, 0.5) is 16.5 Å². The molecular formula is C18H18N4O2S2. The number of nitrogens with zero attached hydrogens (tertiary/aromatic N) is 2. The van der Waals surface area contributed by atoms with Crippen molar-refractivity contribution in [3.05, 3.63) is 54.6 Å². The summed E-state index contributed by atoms with van der Waals surface area (Å²) in [5.74, 6) is 0.510. The van der Waals surface area contributed by atoms with Crippen molar-refractivity contribution in [3.8, 4) is 5.75 Å². The molecule has 0 saturated heterocycles. The van der Waals surface area contributed by atoms with Gasteiger partial charge in [0.1, 0.15) is 5.75 Å². The first-order chi connectivity index (χ1) is 12.7. The molecule has 134 valence electrons. The Hall–Kier alpha value is -2.58. The molecule has 2 N–H and O–H groups in total. The molecule has 0 spiro atoms. The number of benzene rings is 2. The highest BCUT2D eigenvalue weighted by atomic mass is 32.2. The number of amides is 1. The summed E-state index contributed by atoms with van der Waals surface area (Å²) in [5.41, 5.74) is 1.60. The van der Waals surface area contributed by atoms with Crippen LogP contribution in [-0.2, 0) is 4.79 Å². The van der Waals surface area contributed by atoms with E-state index in [1.54, 1.807) is 19.2 Å². The number of ether oxygens (including phenoxy) is 1. The molecule has 0 aliphatic carbocycles. The number of aromatic nitrogens is 2. The van der Waals surface area contributed by atoms with Gasteiger partial charge in [-0.2, -0.15) is 0 Å². The second-order valence-electron chi connectivity index (χ2n) is 5.31. The van der Waals surface area contributed by atoms with Crippen LogP contribution in [0, 0.1) is 0 Å². The standard InChI is InChI=1S/C18H18N4O2S2/c1-12(16(23)20-14-10-6-7-11-15(14)24-2)25-18-22-21-17(26-18)19-13-8-4-3-5-9-13/h3-12H,1-2H3,(H,19,21)(H,20,23)/t12-/m1/s1. The topological polar surface area (TPSA) is 76.1 Å². The summed E-state index contributed by atoms with van der Waals surface area (Å²) in [7, 11) is 1.58. The van der Waals surface area contributed by atoms with Gasteiger partial charge in [0, 0.05) is 5.69 Å². The highest BCUT2D eigenvalue weighted by molar-refractivity contribution is 8.02. The average molecular weight is 387 g/mol. The number of hydrogen-bond donors (Lipinski definition) is 2. The zero-order valence-electron chi connectivity index (χ0n) is 14.3. The van der Waals surface area contributed by atoms with Crippen LogP contribution in [0.2, 0.25) is 0 Å². The molecular weight excluding hydrogens is 368 g/mol. The van der Waals surface area contributed by atoms with E-state index in [4.69, 9.17) is 4.74 Å². The minimum Gasteiger partial charge on any atom is -0.495 e. The fraction of sp³-hybridized carbons (Fsp3) is 0.167. The zero-order chi connectivity index (χ0) is 18.4. The SMILES string of the molecule is COc1ccccc1NC(=O)[C@@H](C)Sc1nnc(Nc2ccccc2)s1. The molecule has 0 fully saturated rings. The number of para-hydroxylation sites is 3. The molecule has 6 nitrogen and oxygen atoms in total. The van der Waals surface area contributed by atoms with Crippen LogP contribution in [0.3, 0.4) is 0 Å². The number of carbonyl (C=O) groups excluding carboxylic acids is 1. The molecule has 0 bridgehead atoms. The second-order valence-corrected chi connectivity index (χ2v) is 7.88. The van der Waals surface area contributed by atoms with Gasteiger partial charge in [-0.15, -0.1) is 10.2 Å². The van der Waals surface area contributed by atoms with E-state index in [1.165, 1.54) is 23.1 Å². The predicted octanol–water partition coefficient (Wildman–Crippen LogP) is 4.41. The van der Waals surface area contributed by atoms with Crippen LogP contribution in [0.25, 0.3) is 0 Å². The van der Waals surface area contributed by atoms with Crippen molar-refractivity contribution in [1.29, 1.82) is 0 Å². The minimum absolute atomic E-state index is 0.118. The van der Waals surface area contributed by atoms with Crippen LogP contribution in [0.5, 0.6) is 5.75 Å². The Morgan fingerprint density at radius 2 is 1.85 bits per heavy atom. The van der Waals surface area contributed by atoms with Crippen LogP contribution in [-0.4, -0.2) is 28.5 Å². The van der Waals surface area contributed by atoms with E-state index >= 15 is 0 Å². The van der Waals surface area contributed by atoms with Crippen molar-refractivity contribution in [2.75, 3.05) is 17.7 Å². The molecule has 1 atom stereocenters. The van der Waals surface area contributed by atoms with Crippen molar-refractivity contribution in [1.82, 2.24) is 10.2 Å². The lowest BCUT2D eigenvalue weighted by molar-refractivity contribution is -0.115. The van der Waals surface area contributed by atoms with Crippen LogP contribution < -0.4 is 15.4 Å². The molecule has 2 aromatic carbocycles. The van der Waals surface area contributed by atoms with Gasteiger partial charge in [-0.1, -0.05) is 53.4 Å². The number of anilines is 3. The van der Waals surface area contributed by atoms with Crippen LogP contribution in [0.15, 0.2) is 58.9 Å². The minimum atomic E-state index is -0.322. The van der Waals surface area contributed by atoms with Crippen molar-refractivity contribution < 1.29 is 9.53 Å². The van der Waals surface area contributed by atoms with E-state index in [9.17, 15) is 4.79 Å². The third-order valence-corrected chi connectivity index (χ3v) is 5.47. The molecule has 1 aromatic heterocycles. The first kappa shape index (κ1) is 18.2. The highest BCUT2D eigenvalue weighted by Crippen LogP contribution is 2.31. The number of carbonyl (C=O) groups is 1. The summed E-state index contributed by atoms with van der Waals surface area (Å²) in [5, 5.41) is 14.7. The van der Waals surface area contributed by atoms with Gasteiger partial charge in [0.05, 0.1) is 18.0 Å². The van der Waals surface area contributed by atoms with Crippen molar-refractivity contribution >= 4 is 45.5 Å². The Morgan fingerprint density at radius 3 is 2.62 bits per heavy atom. The smallest absolute Gasteiger partial charge is 0.237 e. The fourth-order valence-corrected chi connectivity index (χ4v) is 4.06. The van der Waals surface area contributed by atoms with Gasteiger partial charge in [-0.05, 0) is 31.2 Å². The third kappa shape index (κ3) is 4.74. The Kier molecular flexibility index (Phi) is 6.08. The molecule has 3 aromatic rings. The Bertz CT molecular complexity index is 870. The molecule has 0 unspecified atom stereocenters. The largest absolute Gasteiger partial charge is 0.495 e. The predicted molar refractivity (Wildman–Crippen MR) is 107 cm³/mol. The van der Waals surface area contributed by atoms with Crippen molar-refractivity contribution in [3.63, 3.8) is 0 Å². The zero-order valence-corrected chi connectivity index (χ0v) is 15.9. The molecule has 0 aliphatic heterocycles. The maximum Gasteiger partial charge on any atom is 0.237 e. The molecule has 1 amide bonds. The van der Waals surface area contributed by atoms with Crippen molar-refractivity contribution in [2.24, 2.45) is 0 Å². The lowest BCUT2D eigenvalue weighted by atomic mass is 10.3. The number of nitrogens with one attached hydrogen (secondary N) is 2. The van der Waals surface area contributed by atoms with Crippen LogP contribution >= 0.6 is 23.1 Å². The van der Waals surface area contributed by atoms with E-state index in [2.05, 4.69) is 20.8 Å². The Balaban J connectivity index is 1.59. The van der Waals surface area contributed by atoms with Gasteiger partial charge >= 0.3 is 0 Å². The number of hydrogen-bond acceptors (Lipinski definition) is 7. The lowest BCUT2D eigenvalue weighted by Gasteiger charge is -2.12. The monoisotopic (exact) mass is 386 g/mol. The van der Waals surface area contributed by atoms with E-state index < -0.39 is 0 Å². The molecule has 8 heteroatoms. The van der Waals surface area contributed by atoms with E-state index in [-0.39, 0.29) is 11.2 Å². The first-order valence-corrected chi connectivity index (χ1v) is 9.61. The first-order valence-electron chi connectivity index (χ1n) is 7.92. The van der Waals surface area contributed by atoms with Gasteiger partial charge in [0.2, 0.25) is 11.0 Å². The summed E-state index contributed by atoms with van der Waals surface area (Å²) in [6, 6.07) is 17.1. The molecule has 1 heterocycles. The average Bonchev–Trinajstić information content (AvgIpc) is 3.09. The van der Waals surface area contributed by atoms with Gasteiger partial charge in [-0.3, -0.25) is 4.79 Å². The highest BCUT2D eigenvalue weighted by Gasteiger charge is 2.18. The second kappa shape index (κ2) is 8.68. The van der Waals surface area contributed by atoms with E-state index in [1.807, 2.05) is 49.4 Å². The lowest BCUT2D eigenvalue weighted by Crippen LogP contribution is -2.22. The quantitative estimate of drug-likeness (QED) is 0.586. The van der Waals surface area contributed by atoms with E-state index in [0.29, 0.717) is 16.6 Å².